The van der Waals surface area contributed by atoms with Crippen molar-refractivity contribution in [2.24, 2.45) is 0 Å². The first-order chi connectivity index (χ1) is 9.28. The second-order valence-electron chi connectivity index (χ2n) is 4.84. The van der Waals surface area contributed by atoms with Crippen molar-refractivity contribution in [3.05, 3.63) is 35.4 Å². The second-order valence-corrected chi connectivity index (χ2v) is 4.84. The van der Waals surface area contributed by atoms with Crippen molar-refractivity contribution >= 4 is 5.91 Å². The Morgan fingerprint density at radius 1 is 1.32 bits per heavy atom. The zero-order valence-corrected chi connectivity index (χ0v) is 11.5. The Morgan fingerprint density at radius 3 is 2.79 bits per heavy atom. The number of hydrogen-bond donors (Lipinski definition) is 1. The minimum atomic E-state index is 0.0959. The van der Waals surface area contributed by atoms with E-state index in [0.29, 0.717) is 13.0 Å². The standard InChI is InChI=1S/C15H22N2O2/c1-2-15(18)16-11-13-4-3-5-14(10-13)12-17-6-8-19-9-7-17/h3-5,10H,2,6-9,11-12H2,1H3,(H,16,18). The maximum Gasteiger partial charge on any atom is 0.219 e. The summed E-state index contributed by atoms with van der Waals surface area (Å²) in [5.74, 6) is 0.0959. The summed E-state index contributed by atoms with van der Waals surface area (Å²) >= 11 is 0. The topological polar surface area (TPSA) is 41.6 Å². The Bertz CT molecular complexity index is 414. The van der Waals surface area contributed by atoms with Gasteiger partial charge in [-0.1, -0.05) is 31.2 Å². The predicted octanol–water partition coefficient (Wildman–Crippen LogP) is 1.54. The molecule has 1 aliphatic rings. The van der Waals surface area contributed by atoms with Crippen LogP contribution in [-0.2, 0) is 22.6 Å². The molecule has 1 aliphatic heterocycles. The van der Waals surface area contributed by atoms with Crippen molar-refractivity contribution in [3.8, 4) is 0 Å². The van der Waals surface area contributed by atoms with Crippen molar-refractivity contribution in [2.45, 2.75) is 26.4 Å². The Balaban J connectivity index is 1.88. The minimum absolute atomic E-state index is 0.0959. The van der Waals surface area contributed by atoms with Crippen LogP contribution in [0.15, 0.2) is 24.3 Å². The molecule has 1 N–H and O–H groups in total. The van der Waals surface area contributed by atoms with Crippen LogP contribution < -0.4 is 5.32 Å². The third-order valence-electron chi connectivity index (χ3n) is 3.31. The van der Waals surface area contributed by atoms with Crippen LogP contribution in [0.1, 0.15) is 24.5 Å². The highest BCUT2D eigenvalue weighted by Gasteiger charge is 2.10. The monoisotopic (exact) mass is 262 g/mol. The molecule has 0 atom stereocenters. The number of hydrogen-bond acceptors (Lipinski definition) is 3. The summed E-state index contributed by atoms with van der Waals surface area (Å²) in [6.07, 6.45) is 0.535. The Labute approximate surface area is 114 Å². The molecule has 0 spiro atoms. The molecule has 0 saturated carbocycles. The van der Waals surface area contributed by atoms with Gasteiger partial charge < -0.3 is 10.1 Å². The van der Waals surface area contributed by atoms with Gasteiger partial charge in [0.25, 0.3) is 0 Å². The van der Waals surface area contributed by atoms with E-state index >= 15 is 0 Å². The van der Waals surface area contributed by atoms with Crippen molar-refractivity contribution in [2.75, 3.05) is 26.3 Å². The first-order valence-corrected chi connectivity index (χ1v) is 6.92. The molecule has 1 amide bonds. The van der Waals surface area contributed by atoms with E-state index in [-0.39, 0.29) is 5.91 Å². The molecule has 0 unspecified atom stereocenters. The third-order valence-corrected chi connectivity index (χ3v) is 3.31. The number of nitrogens with one attached hydrogen (secondary N) is 1. The molecule has 4 heteroatoms. The average Bonchev–Trinajstić information content (AvgIpc) is 2.46. The third kappa shape index (κ3) is 4.65. The molecule has 0 aromatic heterocycles. The number of amides is 1. The molecule has 2 rings (SSSR count). The summed E-state index contributed by atoms with van der Waals surface area (Å²) < 4.78 is 5.35. The van der Waals surface area contributed by atoms with Gasteiger partial charge in [-0.2, -0.15) is 0 Å². The first-order valence-electron chi connectivity index (χ1n) is 6.92. The number of morpholine rings is 1. The fourth-order valence-corrected chi connectivity index (χ4v) is 2.18. The molecule has 4 nitrogen and oxygen atoms in total. The number of rotatable bonds is 5. The van der Waals surface area contributed by atoms with Gasteiger partial charge in [0.1, 0.15) is 0 Å². The van der Waals surface area contributed by atoms with Crippen LogP contribution in [0.5, 0.6) is 0 Å². The normalized spacial score (nSPS) is 16.3. The van der Waals surface area contributed by atoms with Gasteiger partial charge in [-0.3, -0.25) is 9.69 Å². The number of benzene rings is 1. The van der Waals surface area contributed by atoms with Crippen LogP contribution in [-0.4, -0.2) is 37.1 Å². The van der Waals surface area contributed by atoms with E-state index in [9.17, 15) is 4.79 Å². The highest BCUT2D eigenvalue weighted by atomic mass is 16.5. The summed E-state index contributed by atoms with van der Waals surface area (Å²) in [6.45, 7) is 7.08. The zero-order valence-electron chi connectivity index (χ0n) is 11.5. The van der Waals surface area contributed by atoms with Gasteiger partial charge in [0, 0.05) is 32.6 Å². The fraction of sp³-hybridized carbons (Fsp3) is 0.533. The van der Waals surface area contributed by atoms with Crippen LogP contribution in [0.25, 0.3) is 0 Å². The molecule has 1 aromatic rings. The van der Waals surface area contributed by atoms with Gasteiger partial charge >= 0.3 is 0 Å². The fourth-order valence-electron chi connectivity index (χ4n) is 2.18. The van der Waals surface area contributed by atoms with E-state index in [1.165, 1.54) is 5.56 Å². The van der Waals surface area contributed by atoms with Crippen molar-refractivity contribution in [3.63, 3.8) is 0 Å². The molecular weight excluding hydrogens is 240 g/mol. The molecule has 1 aromatic carbocycles. The lowest BCUT2D eigenvalue weighted by molar-refractivity contribution is -0.120. The van der Waals surface area contributed by atoms with Gasteiger partial charge in [0.15, 0.2) is 0 Å². The number of carbonyl (C=O) groups is 1. The summed E-state index contributed by atoms with van der Waals surface area (Å²) in [4.78, 5) is 13.6. The maximum absolute atomic E-state index is 11.3. The Hall–Kier alpha value is -1.39. The van der Waals surface area contributed by atoms with E-state index in [2.05, 4.69) is 34.5 Å². The van der Waals surface area contributed by atoms with E-state index in [4.69, 9.17) is 4.74 Å². The largest absolute Gasteiger partial charge is 0.379 e. The van der Waals surface area contributed by atoms with Crippen LogP contribution in [0.3, 0.4) is 0 Å². The number of carbonyl (C=O) groups excluding carboxylic acids is 1. The quantitative estimate of drug-likeness (QED) is 0.875. The SMILES string of the molecule is CCC(=O)NCc1cccc(CN2CCOCC2)c1. The lowest BCUT2D eigenvalue weighted by Crippen LogP contribution is -2.35. The van der Waals surface area contributed by atoms with E-state index < -0.39 is 0 Å². The predicted molar refractivity (Wildman–Crippen MR) is 74.7 cm³/mol. The van der Waals surface area contributed by atoms with Gasteiger partial charge in [0.2, 0.25) is 5.91 Å². The van der Waals surface area contributed by atoms with Crippen LogP contribution in [0, 0.1) is 0 Å². The Kier molecular flexibility index (Phi) is 5.36. The van der Waals surface area contributed by atoms with E-state index in [0.717, 1.165) is 38.4 Å². The lowest BCUT2D eigenvalue weighted by atomic mass is 10.1. The second kappa shape index (κ2) is 7.26. The van der Waals surface area contributed by atoms with Crippen molar-refractivity contribution < 1.29 is 9.53 Å². The Morgan fingerprint density at radius 2 is 2.05 bits per heavy atom. The number of ether oxygens (including phenoxy) is 1. The van der Waals surface area contributed by atoms with E-state index in [1.807, 2.05) is 6.92 Å². The highest BCUT2D eigenvalue weighted by Crippen LogP contribution is 2.10. The van der Waals surface area contributed by atoms with Crippen molar-refractivity contribution in [1.29, 1.82) is 0 Å². The smallest absolute Gasteiger partial charge is 0.219 e. The molecule has 0 radical (unpaired) electrons. The van der Waals surface area contributed by atoms with Crippen LogP contribution in [0.2, 0.25) is 0 Å². The van der Waals surface area contributed by atoms with Crippen molar-refractivity contribution in [1.82, 2.24) is 10.2 Å². The molecule has 104 valence electrons. The summed E-state index contributed by atoms with van der Waals surface area (Å²) in [5, 5.41) is 2.91. The average molecular weight is 262 g/mol. The van der Waals surface area contributed by atoms with Crippen LogP contribution >= 0.6 is 0 Å². The van der Waals surface area contributed by atoms with E-state index in [1.54, 1.807) is 0 Å². The van der Waals surface area contributed by atoms with Gasteiger partial charge in [-0.25, -0.2) is 0 Å². The molecule has 1 saturated heterocycles. The van der Waals surface area contributed by atoms with Gasteiger partial charge in [-0.15, -0.1) is 0 Å². The zero-order chi connectivity index (χ0) is 13.5. The summed E-state index contributed by atoms with van der Waals surface area (Å²) in [5.41, 5.74) is 2.46. The highest BCUT2D eigenvalue weighted by molar-refractivity contribution is 5.75. The maximum atomic E-state index is 11.3. The lowest BCUT2D eigenvalue weighted by Gasteiger charge is -2.26. The molecule has 1 heterocycles. The molecule has 0 bridgehead atoms. The number of nitrogens with zero attached hydrogens (tertiary/aromatic N) is 1. The first kappa shape index (κ1) is 14.0. The van der Waals surface area contributed by atoms with Gasteiger partial charge in [-0.05, 0) is 11.1 Å². The molecule has 0 aliphatic carbocycles. The summed E-state index contributed by atoms with van der Waals surface area (Å²) in [7, 11) is 0. The van der Waals surface area contributed by atoms with Gasteiger partial charge in [0.05, 0.1) is 13.2 Å². The van der Waals surface area contributed by atoms with Crippen LogP contribution in [0.4, 0.5) is 0 Å². The summed E-state index contributed by atoms with van der Waals surface area (Å²) in [6, 6.07) is 8.42. The minimum Gasteiger partial charge on any atom is -0.379 e. The molecule has 1 fully saturated rings. The molecular formula is C15H22N2O2. The molecule has 19 heavy (non-hydrogen) atoms.